The molecule has 4 aromatic rings. The van der Waals surface area contributed by atoms with Gasteiger partial charge in [0.25, 0.3) is 5.56 Å². The largest absolute Gasteiger partial charge is 0.326 e. The molecule has 0 saturated carbocycles. The Hall–Kier alpha value is -3.23. The smallest absolute Gasteiger partial charge is 0.262 e. The topological polar surface area (TPSA) is 76.9 Å². The molecule has 2 aromatic carbocycles. The number of aromatic nitrogens is 3. The number of allylic oxidation sites excluding steroid dienone is 1. The Kier molecular flexibility index (Phi) is 6.82. The van der Waals surface area contributed by atoms with Crippen molar-refractivity contribution in [1.29, 1.82) is 0 Å². The Morgan fingerprint density at radius 1 is 1.19 bits per heavy atom. The second-order valence-corrected chi connectivity index (χ2v) is 9.11. The number of benzene rings is 2. The molecule has 2 heterocycles. The molecule has 1 amide bonds. The lowest BCUT2D eigenvalue weighted by atomic mass is 10.2. The number of thiazole rings is 1. The summed E-state index contributed by atoms with van der Waals surface area (Å²) in [5.74, 6) is 0.455. The molecule has 0 spiro atoms. The monoisotopic (exact) mass is 462 g/mol. The van der Waals surface area contributed by atoms with Gasteiger partial charge < -0.3 is 5.32 Å². The van der Waals surface area contributed by atoms with Gasteiger partial charge in [-0.25, -0.2) is 9.97 Å². The van der Waals surface area contributed by atoms with Crippen molar-refractivity contribution in [3.63, 3.8) is 0 Å². The van der Waals surface area contributed by atoms with E-state index in [2.05, 4.69) is 21.9 Å². The maximum Gasteiger partial charge on any atom is 0.262 e. The van der Waals surface area contributed by atoms with Crippen molar-refractivity contribution in [2.24, 2.45) is 0 Å². The van der Waals surface area contributed by atoms with Gasteiger partial charge in [0.2, 0.25) is 5.91 Å². The quantitative estimate of drug-likeness (QED) is 0.231. The van der Waals surface area contributed by atoms with E-state index in [0.717, 1.165) is 22.0 Å². The molecule has 0 aliphatic carbocycles. The van der Waals surface area contributed by atoms with Crippen molar-refractivity contribution in [3.8, 4) is 0 Å². The van der Waals surface area contributed by atoms with Crippen LogP contribution in [0.15, 0.2) is 76.5 Å². The number of carbonyl (C=O) groups is 1. The van der Waals surface area contributed by atoms with E-state index in [4.69, 9.17) is 0 Å². The SMILES string of the molecule is C=CCn1c(SCc2csc(CC(=O)Nc3ccc(C)cc3)n2)nc2ccccc2c1=O. The highest BCUT2D eigenvalue weighted by molar-refractivity contribution is 7.98. The van der Waals surface area contributed by atoms with Crippen molar-refractivity contribution in [2.75, 3.05) is 5.32 Å². The second kappa shape index (κ2) is 9.93. The predicted molar refractivity (Wildman–Crippen MR) is 131 cm³/mol. The van der Waals surface area contributed by atoms with Crippen LogP contribution in [0.25, 0.3) is 10.9 Å². The zero-order chi connectivity index (χ0) is 22.5. The Labute approximate surface area is 194 Å². The number of rotatable bonds is 8. The van der Waals surface area contributed by atoms with Crippen LogP contribution in [0.2, 0.25) is 0 Å². The Morgan fingerprint density at radius 2 is 1.97 bits per heavy atom. The summed E-state index contributed by atoms with van der Waals surface area (Å²) >= 11 is 2.91. The lowest BCUT2D eigenvalue weighted by molar-refractivity contribution is -0.115. The molecule has 0 unspecified atom stereocenters. The number of thioether (sulfide) groups is 1. The van der Waals surface area contributed by atoms with Gasteiger partial charge in [0.05, 0.1) is 23.0 Å². The molecule has 0 aliphatic rings. The second-order valence-electron chi connectivity index (χ2n) is 7.23. The lowest BCUT2D eigenvalue weighted by Gasteiger charge is -2.10. The zero-order valence-electron chi connectivity index (χ0n) is 17.6. The van der Waals surface area contributed by atoms with Crippen LogP contribution in [0.3, 0.4) is 0 Å². The molecule has 0 fully saturated rings. The van der Waals surface area contributed by atoms with Crippen LogP contribution in [0.4, 0.5) is 5.69 Å². The number of aryl methyl sites for hydroxylation is 1. The number of carbonyl (C=O) groups excluding carboxylic acids is 1. The molecule has 0 radical (unpaired) electrons. The fourth-order valence-corrected chi connectivity index (χ4v) is 4.96. The van der Waals surface area contributed by atoms with E-state index >= 15 is 0 Å². The number of nitrogens with zero attached hydrogens (tertiary/aromatic N) is 3. The van der Waals surface area contributed by atoms with Crippen LogP contribution in [-0.2, 0) is 23.5 Å². The summed E-state index contributed by atoms with van der Waals surface area (Å²) in [6, 6.07) is 15.0. The van der Waals surface area contributed by atoms with Crippen molar-refractivity contribution in [3.05, 3.63) is 93.2 Å². The number of hydrogen-bond acceptors (Lipinski definition) is 6. The van der Waals surface area contributed by atoms with E-state index in [9.17, 15) is 9.59 Å². The minimum atomic E-state index is -0.0987. The third-order valence-corrected chi connectivity index (χ3v) is 6.64. The summed E-state index contributed by atoms with van der Waals surface area (Å²) in [7, 11) is 0. The van der Waals surface area contributed by atoms with Gasteiger partial charge >= 0.3 is 0 Å². The zero-order valence-corrected chi connectivity index (χ0v) is 19.2. The van der Waals surface area contributed by atoms with Crippen LogP contribution in [0, 0.1) is 6.92 Å². The van der Waals surface area contributed by atoms with Crippen LogP contribution in [0.1, 0.15) is 16.3 Å². The standard InChI is InChI=1S/C24H22N4O2S2/c1-3-12-28-23(30)19-6-4-5-7-20(19)27-24(28)32-15-18-14-31-22(26-18)13-21(29)25-17-10-8-16(2)9-11-17/h3-11,14H,1,12-13,15H2,2H3,(H,25,29). The summed E-state index contributed by atoms with van der Waals surface area (Å²) in [4.78, 5) is 34.4. The first-order valence-corrected chi connectivity index (χ1v) is 11.9. The fraction of sp³-hybridized carbons (Fsp3) is 0.167. The summed E-state index contributed by atoms with van der Waals surface area (Å²) < 4.78 is 1.63. The number of anilines is 1. The maximum atomic E-state index is 12.8. The van der Waals surface area contributed by atoms with E-state index in [1.165, 1.54) is 23.1 Å². The summed E-state index contributed by atoms with van der Waals surface area (Å²) in [5.41, 5.74) is 3.36. The summed E-state index contributed by atoms with van der Waals surface area (Å²) in [6.07, 6.45) is 1.91. The highest BCUT2D eigenvalue weighted by Gasteiger charge is 2.13. The van der Waals surface area contributed by atoms with Crippen LogP contribution < -0.4 is 10.9 Å². The van der Waals surface area contributed by atoms with Crippen molar-refractivity contribution >= 4 is 45.6 Å². The third-order valence-electron chi connectivity index (χ3n) is 4.73. The van der Waals surface area contributed by atoms with Gasteiger partial charge in [0, 0.05) is 23.4 Å². The first-order chi connectivity index (χ1) is 15.5. The minimum Gasteiger partial charge on any atom is -0.326 e. The van der Waals surface area contributed by atoms with Gasteiger partial charge in [-0.1, -0.05) is 47.7 Å². The predicted octanol–water partition coefficient (Wildman–Crippen LogP) is 4.82. The molecule has 32 heavy (non-hydrogen) atoms. The van der Waals surface area contributed by atoms with Crippen LogP contribution in [0.5, 0.6) is 0 Å². The number of nitrogens with one attached hydrogen (secondary N) is 1. The van der Waals surface area contributed by atoms with Crippen LogP contribution >= 0.6 is 23.1 Å². The molecular formula is C24H22N4O2S2. The van der Waals surface area contributed by atoms with Gasteiger partial charge in [0.15, 0.2) is 5.16 Å². The molecule has 0 atom stereocenters. The number of hydrogen-bond donors (Lipinski definition) is 1. The number of para-hydroxylation sites is 1. The first-order valence-electron chi connectivity index (χ1n) is 10.1. The Bertz CT molecular complexity index is 1330. The van der Waals surface area contributed by atoms with Gasteiger partial charge in [0.1, 0.15) is 5.01 Å². The van der Waals surface area contributed by atoms with E-state index in [1.807, 2.05) is 54.8 Å². The molecule has 0 bridgehead atoms. The van der Waals surface area contributed by atoms with Gasteiger partial charge in [-0.15, -0.1) is 17.9 Å². The molecule has 2 aromatic heterocycles. The first kappa shape index (κ1) is 22.0. The highest BCUT2D eigenvalue weighted by atomic mass is 32.2. The van der Waals surface area contributed by atoms with Gasteiger partial charge in [-0.3, -0.25) is 14.2 Å². The van der Waals surface area contributed by atoms with E-state index in [-0.39, 0.29) is 17.9 Å². The average molecular weight is 463 g/mol. The average Bonchev–Trinajstić information content (AvgIpc) is 3.23. The summed E-state index contributed by atoms with van der Waals surface area (Å²) in [5, 5.41) is 6.80. The highest BCUT2D eigenvalue weighted by Crippen LogP contribution is 2.23. The minimum absolute atomic E-state index is 0.0789. The molecule has 0 saturated heterocycles. The van der Waals surface area contributed by atoms with Crippen molar-refractivity contribution < 1.29 is 4.79 Å². The molecule has 0 aliphatic heterocycles. The third kappa shape index (κ3) is 5.15. The Balaban J connectivity index is 1.44. The van der Waals surface area contributed by atoms with E-state index in [1.54, 1.807) is 16.7 Å². The molecule has 8 heteroatoms. The lowest BCUT2D eigenvalue weighted by Crippen LogP contribution is -2.22. The molecule has 4 rings (SSSR count). The van der Waals surface area contributed by atoms with E-state index in [0.29, 0.717) is 28.4 Å². The van der Waals surface area contributed by atoms with Gasteiger partial charge in [-0.05, 0) is 31.2 Å². The van der Waals surface area contributed by atoms with Crippen molar-refractivity contribution in [1.82, 2.24) is 14.5 Å². The number of amides is 1. The Morgan fingerprint density at radius 3 is 2.75 bits per heavy atom. The van der Waals surface area contributed by atoms with Gasteiger partial charge in [-0.2, -0.15) is 0 Å². The molecule has 6 nitrogen and oxygen atoms in total. The van der Waals surface area contributed by atoms with Crippen molar-refractivity contribution in [2.45, 2.75) is 30.8 Å². The normalized spacial score (nSPS) is 10.9. The fourth-order valence-electron chi connectivity index (χ4n) is 3.16. The number of fused-ring (bicyclic) bond motifs is 1. The molecule has 1 N–H and O–H groups in total. The summed E-state index contributed by atoms with van der Waals surface area (Å²) in [6.45, 7) is 6.15. The maximum absolute atomic E-state index is 12.8. The van der Waals surface area contributed by atoms with E-state index < -0.39 is 0 Å². The molecule has 162 valence electrons. The molecular weight excluding hydrogens is 440 g/mol. The van der Waals surface area contributed by atoms with Crippen LogP contribution in [-0.4, -0.2) is 20.4 Å².